The van der Waals surface area contributed by atoms with Gasteiger partial charge in [-0.25, -0.2) is 0 Å². The number of nitrogens with one attached hydrogen (secondary N) is 2. The molecule has 186 valence electrons. The third kappa shape index (κ3) is 4.76. The van der Waals surface area contributed by atoms with Crippen molar-refractivity contribution in [3.63, 3.8) is 0 Å². The van der Waals surface area contributed by atoms with Crippen molar-refractivity contribution in [2.75, 3.05) is 7.11 Å². The number of methoxy groups -OCH3 is 1. The minimum Gasteiger partial charge on any atom is -0.497 e. The average molecular weight is 496 g/mol. The highest BCUT2D eigenvalue weighted by atomic mass is 32.2. The van der Waals surface area contributed by atoms with Crippen molar-refractivity contribution >= 4 is 29.5 Å². The van der Waals surface area contributed by atoms with Crippen molar-refractivity contribution in [1.82, 2.24) is 15.5 Å². The Labute approximate surface area is 211 Å². The van der Waals surface area contributed by atoms with Crippen LogP contribution in [0.5, 0.6) is 5.75 Å². The SMILES string of the molecule is CC[C@@H](C)[C@H](NC(=O)[C@H]1N2C(=O)c3ccccc3[C@H]2SC1(C)C)C(=O)NCc1ccc(OC)cc1. The summed E-state index contributed by atoms with van der Waals surface area (Å²) in [6.45, 7) is 8.26. The molecule has 4 atom stereocenters. The molecule has 2 aromatic carbocycles. The van der Waals surface area contributed by atoms with Crippen molar-refractivity contribution in [2.45, 2.75) is 62.9 Å². The first kappa shape index (κ1) is 25.1. The third-order valence-corrected chi connectivity index (χ3v) is 8.50. The van der Waals surface area contributed by atoms with Crippen molar-refractivity contribution in [3.05, 3.63) is 65.2 Å². The van der Waals surface area contributed by atoms with Gasteiger partial charge in [-0.2, -0.15) is 0 Å². The van der Waals surface area contributed by atoms with Crippen LogP contribution in [0.4, 0.5) is 0 Å². The summed E-state index contributed by atoms with van der Waals surface area (Å²) in [7, 11) is 1.61. The second-order valence-electron chi connectivity index (χ2n) is 9.71. The van der Waals surface area contributed by atoms with Crippen LogP contribution in [0, 0.1) is 5.92 Å². The summed E-state index contributed by atoms with van der Waals surface area (Å²) in [6, 6.07) is 13.6. The van der Waals surface area contributed by atoms with E-state index >= 15 is 0 Å². The Kier molecular flexibility index (Phi) is 7.12. The Morgan fingerprint density at radius 2 is 1.83 bits per heavy atom. The number of amides is 3. The second kappa shape index (κ2) is 9.93. The van der Waals surface area contributed by atoms with E-state index < -0.39 is 16.8 Å². The Bertz CT molecular complexity index is 1120. The monoisotopic (exact) mass is 495 g/mol. The molecule has 0 unspecified atom stereocenters. The van der Waals surface area contributed by atoms with Gasteiger partial charge >= 0.3 is 0 Å². The molecule has 2 N–H and O–H groups in total. The number of carbonyl (C=O) groups is 3. The largest absolute Gasteiger partial charge is 0.497 e. The quantitative estimate of drug-likeness (QED) is 0.580. The molecule has 0 aliphatic carbocycles. The van der Waals surface area contributed by atoms with Gasteiger partial charge < -0.3 is 20.3 Å². The van der Waals surface area contributed by atoms with Gasteiger partial charge in [-0.3, -0.25) is 14.4 Å². The molecule has 2 heterocycles. The van der Waals surface area contributed by atoms with Gasteiger partial charge in [0.2, 0.25) is 11.8 Å². The lowest BCUT2D eigenvalue weighted by Gasteiger charge is -2.32. The van der Waals surface area contributed by atoms with Gasteiger partial charge in [-0.15, -0.1) is 11.8 Å². The maximum Gasteiger partial charge on any atom is 0.256 e. The lowest BCUT2D eigenvalue weighted by molar-refractivity contribution is -0.133. The molecule has 2 aliphatic heterocycles. The summed E-state index contributed by atoms with van der Waals surface area (Å²) in [5, 5.41) is 5.76. The number of hydrogen-bond acceptors (Lipinski definition) is 5. The van der Waals surface area contributed by atoms with Crippen molar-refractivity contribution in [3.8, 4) is 5.75 Å². The summed E-state index contributed by atoms with van der Waals surface area (Å²) in [5.74, 6) is 0.0107. The van der Waals surface area contributed by atoms with Crippen LogP contribution in [0.2, 0.25) is 0 Å². The molecular weight excluding hydrogens is 462 g/mol. The van der Waals surface area contributed by atoms with Crippen molar-refractivity contribution < 1.29 is 19.1 Å². The minimum absolute atomic E-state index is 0.0748. The molecule has 7 nitrogen and oxygen atoms in total. The van der Waals surface area contributed by atoms with Crippen molar-refractivity contribution in [2.24, 2.45) is 5.92 Å². The van der Waals surface area contributed by atoms with Gasteiger partial charge in [0.1, 0.15) is 23.2 Å². The normalized spacial score (nSPS) is 21.6. The predicted octanol–water partition coefficient (Wildman–Crippen LogP) is 3.89. The predicted molar refractivity (Wildman–Crippen MR) is 137 cm³/mol. The number of thioether (sulfide) groups is 1. The highest BCUT2D eigenvalue weighted by Gasteiger charge is 2.57. The zero-order valence-corrected chi connectivity index (χ0v) is 21.6. The fourth-order valence-electron chi connectivity index (χ4n) is 4.78. The van der Waals surface area contributed by atoms with Crippen LogP contribution in [-0.4, -0.2) is 46.6 Å². The van der Waals surface area contributed by atoms with E-state index in [2.05, 4.69) is 10.6 Å². The Hall–Kier alpha value is -3.00. The molecule has 0 spiro atoms. The Morgan fingerprint density at radius 3 is 2.49 bits per heavy atom. The molecule has 0 saturated carbocycles. The van der Waals surface area contributed by atoms with Crippen LogP contribution in [0.3, 0.4) is 0 Å². The highest BCUT2D eigenvalue weighted by molar-refractivity contribution is 8.01. The van der Waals surface area contributed by atoms with Gasteiger partial charge in [0.15, 0.2) is 0 Å². The summed E-state index contributed by atoms with van der Waals surface area (Å²) < 4.78 is 4.68. The van der Waals surface area contributed by atoms with E-state index in [9.17, 15) is 14.4 Å². The van der Waals surface area contributed by atoms with E-state index in [1.165, 1.54) is 0 Å². The van der Waals surface area contributed by atoms with Crippen LogP contribution in [-0.2, 0) is 16.1 Å². The van der Waals surface area contributed by atoms with E-state index in [0.717, 1.165) is 23.3 Å². The van der Waals surface area contributed by atoms with Crippen LogP contribution in [0.15, 0.2) is 48.5 Å². The van der Waals surface area contributed by atoms with Crippen LogP contribution in [0.1, 0.15) is 61.0 Å². The summed E-state index contributed by atoms with van der Waals surface area (Å²) in [5.41, 5.74) is 2.53. The average Bonchev–Trinajstić information content (AvgIpc) is 3.29. The zero-order valence-electron chi connectivity index (χ0n) is 20.8. The number of carbonyl (C=O) groups excluding carboxylic acids is 3. The second-order valence-corrected chi connectivity index (χ2v) is 11.4. The van der Waals surface area contributed by atoms with E-state index in [1.54, 1.807) is 23.8 Å². The van der Waals surface area contributed by atoms with Gasteiger partial charge in [0, 0.05) is 16.9 Å². The van der Waals surface area contributed by atoms with Crippen LogP contribution >= 0.6 is 11.8 Å². The van der Waals surface area contributed by atoms with Crippen molar-refractivity contribution in [1.29, 1.82) is 0 Å². The first-order valence-electron chi connectivity index (χ1n) is 12.0. The molecule has 4 rings (SSSR count). The lowest BCUT2D eigenvalue weighted by Crippen LogP contribution is -2.58. The smallest absolute Gasteiger partial charge is 0.256 e. The minimum atomic E-state index is -0.703. The number of hydrogen-bond donors (Lipinski definition) is 2. The number of benzene rings is 2. The molecule has 0 bridgehead atoms. The highest BCUT2D eigenvalue weighted by Crippen LogP contribution is 2.56. The zero-order chi connectivity index (χ0) is 25.3. The number of fused-ring (bicyclic) bond motifs is 3. The van der Waals surface area contributed by atoms with Gasteiger partial charge in [0.05, 0.1) is 7.11 Å². The first-order chi connectivity index (χ1) is 16.7. The number of ether oxygens (including phenoxy) is 1. The molecular formula is C27H33N3O4S. The first-order valence-corrected chi connectivity index (χ1v) is 12.9. The fourth-order valence-corrected chi connectivity index (χ4v) is 6.37. The molecule has 0 aromatic heterocycles. The maximum atomic E-state index is 13.7. The molecule has 0 radical (unpaired) electrons. The number of nitrogens with zero attached hydrogens (tertiary/aromatic N) is 1. The molecule has 2 aromatic rings. The van der Waals surface area contributed by atoms with Gasteiger partial charge in [-0.05, 0) is 49.1 Å². The van der Waals surface area contributed by atoms with E-state index in [1.807, 2.05) is 76.2 Å². The summed E-state index contributed by atoms with van der Waals surface area (Å²) in [6.07, 6.45) is 0.723. The standard InChI is InChI=1S/C27H33N3O4S/c1-6-16(2)21(23(31)28-15-17-11-13-18(34-5)14-12-17)29-24(32)22-27(3,4)35-26-20-10-8-7-9-19(20)25(33)30(22)26/h7-14,16,21-22,26H,6,15H2,1-5H3,(H,28,31)(H,29,32)/t16-,21+,22-,26-/m1/s1. The van der Waals surface area contributed by atoms with Gasteiger partial charge in [-0.1, -0.05) is 50.6 Å². The van der Waals surface area contributed by atoms with E-state index in [4.69, 9.17) is 4.74 Å². The molecule has 1 saturated heterocycles. The molecule has 3 amide bonds. The van der Waals surface area contributed by atoms with Crippen LogP contribution in [0.25, 0.3) is 0 Å². The summed E-state index contributed by atoms with van der Waals surface area (Å²) in [4.78, 5) is 41.8. The lowest BCUT2D eigenvalue weighted by atomic mass is 9.95. The Morgan fingerprint density at radius 1 is 1.14 bits per heavy atom. The third-order valence-electron chi connectivity index (χ3n) is 6.96. The Balaban J connectivity index is 1.50. The van der Waals surface area contributed by atoms with E-state index in [0.29, 0.717) is 12.1 Å². The topological polar surface area (TPSA) is 87.7 Å². The molecule has 8 heteroatoms. The molecule has 1 fully saturated rings. The van der Waals surface area contributed by atoms with E-state index in [-0.39, 0.29) is 29.0 Å². The fraction of sp³-hybridized carbons (Fsp3) is 0.444. The molecule has 35 heavy (non-hydrogen) atoms. The number of rotatable bonds is 8. The maximum absolute atomic E-state index is 13.7. The summed E-state index contributed by atoms with van der Waals surface area (Å²) >= 11 is 1.61. The van der Waals surface area contributed by atoms with Crippen LogP contribution < -0.4 is 15.4 Å². The molecule has 2 aliphatic rings. The van der Waals surface area contributed by atoms with Gasteiger partial charge in [0.25, 0.3) is 5.91 Å².